The number of ketones is 2. The fourth-order valence-corrected chi connectivity index (χ4v) is 9.65. The molecule has 13 nitrogen and oxygen atoms in total. The molecule has 3 fully saturated rings. The molecule has 1 aliphatic carbocycles. The number of rotatable bonds is 7. The molecule has 4 aliphatic rings. The van der Waals surface area contributed by atoms with E-state index in [4.69, 9.17) is 23.7 Å². The molecule has 0 radical (unpaired) electrons. The van der Waals surface area contributed by atoms with Crippen molar-refractivity contribution >= 4 is 23.4 Å². The Hall–Kier alpha value is -2.52. The normalized spacial score (nSPS) is 40.7. The van der Waals surface area contributed by atoms with Crippen LogP contribution in [0.4, 0.5) is 0 Å². The molecule has 1 saturated carbocycles. The summed E-state index contributed by atoms with van der Waals surface area (Å²) in [6, 6.07) is -1.14. The minimum Gasteiger partial charge on any atom is -0.456 e. The number of hydrogen-bond acceptors (Lipinski definition) is 12. The summed E-state index contributed by atoms with van der Waals surface area (Å²) in [7, 11) is 3.07. The number of amides is 1. The number of carbonyl (C=O) groups is 4. The quantitative estimate of drug-likeness (QED) is 0.173. The van der Waals surface area contributed by atoms with E-state index in [9.17, 15) is 34.5 Å². The number of fused-ring (bicyclic) bond motifs is 3. The molecule has 2 saturated heterocycles. The number of aliphatic hydroxyl groups is 3. The van der Waals surface area contributed by atoms with Gasteiger partial charge in [-0.25, -0.2) is 4.79 Å². The minimum absolute atomic E-state index is 0.0233. The van der Waals surface area contributed by atoms with E-state index in [0.29, 0.717) is 50.5 Å². The molecule has 3 aliphatic heterocycles. The minimum atomic E-state index is -2.50. The predicted octanol–water partition coefficient (Wildman–Crippen LogP) is 5.25. The summed E-state index contributed by atoms with van der Waals surface area (Å²) < 4.78 is 30.2. The van der Waals surface area contributed by atoms with Gasteiger partial charge in [0.05, 0.1) is 36.6 Å². The van der Waals surface area contributed by atoms with Gasteiger partial charge in [0, 0.05) is 44.9 Å². The highest BCUT2D eigenvalue weighted by atomic mass is 16.7. The highest BCUT2D eigenvalue weighted by molar-refractivity contribution is 6.39. The molecule has 0 aromatic rings. The number of esters is 1. The van der Waals surface area contributed by atoms with Crippen molar-refractivity contribution in [1.82, 2.24) is 4.90 Å². The van der Waals surface area contributed by atoms with Crippen molar-refractivity contribution in [1.29, 1.82) is 0 Å². The van der Waals surface area contributed by atoms with Gasteiger partial charge in [-0.3, -0.25) is 14.4 Å². The summed E-state index contributed by atoms with van der Waals surface area (Å²) in [5, 5.41) is 34.7. The lowest BCUT2D eigenvalue weighted by molar-refractivity contribution is -0.302. The standard InChI is InChI=1S/C45H73NO12/c1-11-32-19-26(4)18-27(5)20-38(54-9)41-39(55-10)22-29(7)45(53,58-41)42(50)43(51)46-17-13-12-14-33(46)44(52)57-40(30(8)34(47)24-35(32)48)28(6)21-31-15-16-37(36(49)23-31)56-25(2)3/h19,21,25,27,29-34,36-41,47,49,53H,11-18,20,22-24H2,1-10H3/b26-19+,28-21+/t27-,29-,30+,31-,32+,33-,34-,36+,37+,38-,39-,40+,41+,45?/m0/s1. The molecule has 4 rings (SSSR count). The van der Waals surface area contributed by atoms with Crippen molar-refractivity contribution in [2.24, 2.45) is 29.6 Å². The van der Waals surface area contributed by atoms with Crippen LogP contribution in [-0.4, -0.2) is 125 Å². The monoisotopic (exact) mass is 820 g/mol. The first-order valence-electron chi connectivity index (χ1n) is 21.8. The van der Waals surface area contributed by atoms with Gasteiger partial charge < -0.3 is 43.9 Å². The highest BCUT2D eigenvalue weighted by Gasteiger charge is 2.56. The van der Waals surface area contributed by atoms with Gasteiger partial charge in [0.1, 0.15) is 24.0 Å². The van der Waals surface area contributed by atoms with Crippen LogP contribution < -0.4 is 0 Å². The average Bonchev–Trinajstić information content (AvgIpc) is 3.18. The topological polar surface area (TPSA) is 178 Å². The molecule has 1 amide bonds. The Kier molecular flexibility index (Phi) is 17.7. The van der Waals surface area contributed by atoms with E-state index in [-0.39, 0.29) is 55.6 Å². The fourth-order valence-electron chi connectivity index (χ4n) is 9.65. The van der Waals surface area contributed by atoms with Crippen molar-refractivity contribution in [3.05, 3.63) is 23.3 Å². The van der Waals surface area contributed by atoms with Crippen molar-refractivity contribution in [3.63, 3.8) is 0 Å². The van der Waals surface area contributed by atoms with Crippen molar-refractivity contribution in [3.8, 4) is 0 Å². The third kappa shape index (κ3) is 11.6. The Morgan fingerprint density at radius 3 is 2.24 bits per heavy atom. The lowest BCUT2D eigenvalue weighted by atomic mass is 9.81. The molecular weight excluding hydrogens is 746 g/mol. The Balaban J connectivity index is 1.74. The molecule has 3 heterocycles. The number of cyclic esters (lactones) is 1. The molecular formula is C45H73NO12. The molecule has 2 bridgehead atoms. The maximum absolute atomic E-state index is 14.3. The number of Topliss-reactive ketones (excluding diaryl/α,β-unsaturated/α-hetero) is 2. The van der Waals surface area contributed by atoms with Gasteiger partial charge in [-0.2, -0.15) is 0 Å². The van der Waals surface area contributed by atoms with Gasteiger partial charge in [0.25, 0.3) is 11.7 Å². The largest absolute Gasteiger partial charge is 0.456 e. The Labute approximate surface area is 346 Å². The van der Waals surface area contributed by atoms with Crippen LogP contribution in [0, 0.1) is 29.6 Å². The van der Waals surface area contributed by atoms with E-state index < -0.39 is 83.9 Å². The first-order chi connectivity index (χ1) is 27.3. The Morgan fingerprint density at radius 2 is 1.62 bits per heavy atom. The van der Waals surface area contributed by atoms with Crippen LogP contribution in [0.2, 0.25) is 0 Å². The van der Waals surface area contributed by atoms with Crippen molar-refractivity contribution in [2.75, 3.05) is 20.8 Å². The number of aliphatic hydroxyl groups excluding tert-OH is 2. The van der Waals surface area contributed by atoms with Gasteiger partial charge >= 0.3 is 5.97 Å². The number of hydrogen-bond donors (Lipinski definition) is 3. The first kappa shape index (κ1) is 48.1. The molecule has 58 heavy (non-hydrogen) atoms. The van der Waals surface area contributed by atoms with Gasteiger partial charge in [0.2, 0.25) is 5.79 Å². The van der Waals surface area contributed by atoms with Crippen molar-refractivity contribution in [2.45, 2.75) is 187 Å². The zero-order valence-electron chi connectivity index (χ0n) is 36.7. The second-order valence-corrected chi connectivity index (χ2v) is 18.1. The number of allylic oxidation sites excluding steroid dienone is 3. The SMILES string of the molecule is CC[C@@H]1/C=C(\C)C[C@H](C)C[C@H](OC)[C@H]2OC(O)(C(=O)C(=O)N3CCCC[C@H]3C(=O)O[C@H](/C(C)=C/[C@@H]3CC[C@@H](OC(C)C)[C@H](O)C3)[C@H](C)[C@@H](O)CC1=O)[C@@H](C)C[C@@H]2OC. The third-order valence-electron chi connectivity index (χ3n) is 13.0. The number of piperidine rings is 1. The van der Waals surface area contributed by atoms with Crippen LogP contribution in [0.3, 0.4) is 0 Å². The first-order valence-corrected chi connectivity index (χ1v) is 21.8. The van der Waals surface area contributed by atoms with Crippen LogP contribution in [0.15, 0.2) is 23.3 Å². The van der Waals surface area contributed by atoms with Gasteiger partial charge in [-0.15, -0.1) is 0 Å². The van der Waals surface area contributed by atoms with Crippen LogP contribution in [0.1, 0.15) is 126 Å². The van der Waals surface area contributed by atoms with E-state index in [0.717, 1.165) is 12.0 Å². The number of ether oxygens (including phenoxy) is 5. The van der Waals surface area contributed by atoms with Crippen LogP contribution in [0.5, 0.6) is 0 Å². The summed E-state index contributed by atoms with van der Waals surface area (Å²) >= 11 is 0. The maximum Gasteiger partial charge on any atom is 0.329 e. The number of nitrogens with zero attached hydrogens (tertiary/aromatic N) is 1. The summed E-state index contributed by atoms with van der Waals surface area (Å²) in [6.07, 6.45) is 3.66. The smallest absolute Gasteiger partial charge is 0.329 e. The summed E-state index contributed by atoms with van der Waals surface area (Å²) in [5.41, 5.74) is 1.64. The van der Waals surface area contributed by atoms with E-state index in [2.05, 4.69) is 6.92 Å². The summed E-state index contributed by atoms with van der Waals surface area (Å²) in [4.78, 5) is 57.8. The van der Waals surface area contributed by atoms with E-state index in [1.54, 1.807) is 13.8 Å². The van der Waals surface area contributed by atoms with Crippen molar-refractivity contribution < 1.29 is 58.2 Å². The van der Waals surface area contributed by atoms with Gasteiger partial charge in [-0.05, 0) is 109 Å². The van der Waals surface area contributed by atoms with Gasteiger partial charge in [-0.1, -0.05) is 45.4 Å². The highest BCUT2D eigenvalue weighted by Crippen LogP contribution is 2.39. The second kappa shape index (κ2) is 21.3. The Morgan fingerprint density at radius 1 is 0.948 bits per heavy atom. The lowest BCUT2D eigenvalue weighted by Gasteiger charge is -2.47. The van der Waals surface area contributed by atoms with Crippen LogP contribution >= 0.6 is 0 Å². The number of methoxy groups -OCH3 is 2. The molecule has 0 aromatic carbocycles. The molecule has 0 aromatic heterocycles. The van der Waals surface area contributed by atoms with E-state index in [1.807, 2.05) is 46.8 Å². The molecule has 330 valence electrons. The third-order valence-corrected chi connectivity index (χ3v) is 13.0. The number of carbonyl (C=O) groups excluding carboxylic acids is 4. The molecule has 13 heteroatoms. The maximum atomic E-state index is 14.3. The molecule has 3 N–H and O–H groups in total. The zero-order valence-corrected chi connectivity index (χ0v) is 36.7. The van der Waals surface area contributed by atoms with Crippen LogP contribution in [-0.2, 0) is 42.9 Å². The predicted molar refractivity (Wildman–Crippen MR) is 217 cm³/mol. The summed E-state index contributed by atoms with van der Waals surface area (Å²) in [6.45, 7) is 15.1. The lowest BCUT2D eigenvalue weighted by Crippen LogP contribution is -2.64. The molecule has 0 spiro atoms. The van der Waals surface area contributed by atoms with E-state index in [1.165, 1.54) is 19.1 Å². The van der Waals surface area contributed by atoms with E-state index >= 15 is 0 Å². The zero-order chi connectivity index (χ0) is 43.1. The second-order valence-electron chi connectivity index (χ2n) is 18.1. The fraction of sp³-hybridized carbons (Fsp3) is 0.822. The Bertz CT molecular complexity index is 1480. The summed E-state index contributed by atoms with van der Waals surface area (Å²) in [5.74, 6) is -7.59. The van der Waals surface area contributed by atoms with Crippen LogP contribution in [0.25, 0.3) is 0 Å². The molecule has 14 atom stereocenters. The van der Waals surface area contributed by atoms with Gasteiger partial charge in [0.15, 0.2) is 0 Å². The molecule has 1 unspecified atom stereocenters. The average molecular weight is 820 g/mol.